The average molecular weight is 412 g/mol. The quantitative estimate of drug-likeness (QED) is 0.521. The van der Waals surface area contributed by atoms with Crippen LogP contribution in [0.3, 0.4) is 0 Å². The number of halogens is 2. The number of nitrogens with zero attached hydrogens (tertiary/aromatic N) is 6. The highest BCUT2D eigenvalue weighted by atomic mass is 19.1. The molecule has 0 aliphatic carbocycles. The number of hydrogen-bond acceptors (Lipinski definition) is 6. The van der Waals surface area contributed by atoms with Gasteiger partial charge in [0.1, 0.15) is 28.4 Å². The van der Waals surface area contributed by atoms with Gasteiger partial charge in [-0.15, -0.1) is 0 Å². The second-order valence-electron chi connectivity index (χ2n) is 7.03. The normalized spacial score (nSPS) is 11.4. The Morgan fingerprint density at radius 1 is 1.23 bits per heavy atom. The lowest BCUT2D eigenvalue weighted by atomic mass is 10.1. The summed E-state index contributed by atoms with van der Waals surface area (Å²) in [6.07, 6.45) is 4.78. The van der Waals surface area contributed by atoms with Crippen LogP contribution in [0.25, 0.3) is 33.7 Å². The molecule has 0 atom stereocenters. The number of amides is 1. The number of likely N-dealkylation sites (N-methyl/N-ethyl adjacent to an activating group) is 1. The van der Waals surface area contributed by atoms with E-state index in [1.165, 1.54) is 6.20 Å². The van der Waals surface area contributed by atoms with E-state index < -0.39 is 11.6 Å². The van der Waals surface area contributed by atoms with Crippen LogP contribution in [0.5, 0.6) is 0 Å². The molecular formula is C19H18F2N8O. The van der Waals surface area contributed by atoms with Gasteiger partial charge in [-0.25, -0.2) is 18.7 Å². The molecule has 9 nitrogen and oxygen atoms in total. The predicted octanol–water partition coefficient (Wildman–Crippen LogP) is 2.20. The third-order valence-corrected chi connectivity index (χ3v) is 4.29. The van der Waals surface area contributed by atoms with Crippen molar-refractivity contribution in [1.82, 2.24) is 34.8 Å². The summed E-state index contributed by atoms with van der Waals surface area (Å²) < 4.78 is 31.1. The molecule has 1 amide bonds. The van der Waals surface area contributed by atoms with E-state index in [4.69, 9.17) is 0 Å². The van der Waals surface area contributed by atoms with Crippen LogP contribution in [0.2, 0.25) is 0 Å². The molecule has 0 saturated carbocycles. The second-order valence-corrected chi connectivity index (χ2v) is 7.03. The molecule has 0 aliphatic rings. The molecule has 0 unspecified atom stereocenters. The fourth-order valence-corrected chi connectivity index (χ4v) is 3.03. The molecule has 4 rings (SSSR count). The number of aromatic amines is 1. The van der Waals surface area contributed by atoms with Crippen molar-refractivity contribution in [3.63, 3.8) is 0 Å². The predicted molar refractivity (Wildman–Crippen MR) is 106 cm³/mol. The molecular weight excluding hydrogens is 394 g/mol. The van der Waals surface area contributed by atoms with Crippen molar-refractivity contribution in [2.24, 2.45) is 7.05 Å². The number of rotatable bonds is 5. The standard InChI is InChI=1S/C19H18F2N8O/c1-28(2)9-15(30)24-11-4-12(20)16(13(21)5-11)19-22-7-14-18(25-19)17(27-26-14)10-6-23-29(3)8-10/h4-8H,9H2,1-3H3,(H,24,30)(H,26,27). The monoisotopic (exact) mass is 412 g/mol. The van der Waals surface area contributed by atoms with E-state index in [0.29, 0.717) is 22.3 Å². The highest BCUT2D eigenvalue weighted by Crippen LogP contribution is 2.30. The average Bonchev–Trinajstić information content (AvgIpc) is 3.25. The van der Waals surface area contributed by atoms with Gasteiger partial charge in [-0.05, 0) is 26.2 Å². The molecule has 1 aromatic carbocycles. The van der Waals surface area contributed by atoms with Crippen LogP contribution in [0.1, 0.15) is 0 Å². The van der Waals surface area contributed by atoms with Crippen molar-refractivity contribution in [2.45, 2.75) is 0 Å². The van der Waals surface area contributed by atoms with Gasteiger partial charge < -0.3 is 10.2 Å². The number of aromatic nitrogens is 6. The van der Waals surface area contributed by atoms with Gasteiger partial charge in [-0.2, -0.15) is 10.2 Å². The van der Waals surface area contributed by atoms with Gasteiger partial charge in [0.15, 0.2) is 5.82 Å². The zero-order chi connectivity index (χ0) is 21.4. The molecule has 0 radical (unpaired) electrons. The summed E-state index contributed by atoms with van der Waals surface area (Å²) in [5.74, 6) is -2.29. The van der Waals surface area contributed by atoms with E-state index in [1.54, 1.807) is 43.1 Å². The Bertz CT molecular complexity index is 1220. The minimum Gasteiger partial charge on any atom is -0.325 e. The lowest BCUT2D eigenvalue weighted by Gasteiger charge is -2.11. The first-order valence-electron chi connectivity index (χ1n) is 8.96. The van der Waals surface area contributed by atoms with Gasteiger partial charge in [0, 0.05) is 24.5 Å². The topological polar surface area (TPSA) is 105 Å². The Balaban J connectivity index is 1.72. The van der Waals surface area contributed by atoms with Crippen molar-refractivity contribution in [3.8, 4) is 22.6 Å². The Morgan fingerprint density at radius 2 is 1.97 bits per heavy atom. The molecule has 0 fully saturated rings. The highest BCUT2D eigenvalue weighted by molar-refractivity contribution is 5.93. The third kappa shape index (κ3) is 3.74. The first kappa shape index (κ1) is 19.6. The van der Waals surface area contributed by atoms with Crippen molar-refractivity contribution < 1.29 is 13.6 Å². The summed E-state index contributed by atoms with van der Waals surface area (Å²) in [5, 5.41) is 13.6. The summed E-state index contributed by atoms with van der Waals surface area (Å²) in [6, 6.07) is 2.08. The summed E-state index contributed by atoms with van der Waals surface area (Å²) in [4.78, 5) is 21.9. The summed E-state index contributed by atoms with van der Waals surface area (Å²) >= 11 is 0. The van der Waals surface area contributed by atoms with E-state index in [1.807, 2.05) is 0 Å². The van der Waals surface area contributed by atoms with Crippen molar-refractivity contribution in [1.29, 1.82) is 0 Å². The number of hydrogen-bond donors (Lipinski definition) is 2. The number of carbonyl (C=O) groups excluding carboxylic acids is 1. The maximum absolute atomic E-state index is 14.7. The molecule has 11 heteroatoms. The molecule has 3 aromatic heterocycles. The lowest BCUT2D eigenvalue weighted by Crippen LogP contribution is -2.27. The zero-order valence-electron chi connectivity index (χ0n) is 16.4. The summed E-state index contributed by atoms with van der Waals surface area (Å²) in [6.45, 7) is 0.0857. The minimum absolute atomic E-state index is 0.0149. The Morgan fingerprint density at radius 3 is 2.60 bits per heavy atom. The molecule has 2 N–H and O–H groups in total. The minimum atomic E-state index is -0.888. The van der Waals surface area contributed by atoms with Crippen LogP contribution < -0.4 is 5.32 Å². The van der Waals surface area contributed by atoms with Gasteiger partial charge in [-0.1, -0.05) is 0 Å². The molecule has 30 heavy (non-hydrogen) atoms. The van der Waals surface area contributed by atoms with E-state index in [0.717, 1.165) is 12.1 Å². The van der Waals surface area contributed by atoms with Crippen LogP contribution in [-0.4, -0.2) is 61.4 Å². The number of nitrogens with one attached hydrogen (secondary N) is 2. The van der Waals surface area contributed by atoms with E-state index in [9.17, 15) is 13.6 Å². The number of benzene rings is 1. The van der Waals surface area contributed by atoms with E-state index in [2.05, 4.69) is 30.6 Å². The summed E-state index contributed by atoms with van der Waals surface area (Å²) in [7, 11) is 5.20. The highest BCUT2D eigenvalue weighted by Gasteiger charge is 2.19. The van der Waals surface area contributed by atoms with Crippen LogP contribution in [-0.2, 0) is 11.8 Å². The number of fused-ring (bicyclic) bond motifs is 1. The van der Waals surface area contributed by atoms with Gasteiger partial charge in [-0.3, -0.25) is 14.6 Å². The maximum atomic E-state index is 14.7. The van der Waals surface area contributed by atoms with Gasteiger partial charge in [0.25, 0.3) is 0 Å². The largest absolute Gasteiger partial charge is 0.325 e. The zero-order valence-corrected chi connectivity index (χ0v) is 16.4. The number of anilines is 1. The van der Waals surface area contributed by atoms with Crippen molar-refractivity contribution >= 4 is 22.6 Å². The molecule has 3 heterocycles. The first-order valence-corrected chi connectivity index (χ1v) is 8.96. The Hall–Kier alpha value is -3.73. The smallest absolute Gasteiger partial charge is 0.238 e. The van der Waals surface area contributed by atoms with Crippen molar-refractivity contribution in [3.05, 3.63) is 42.4 Å². The molecule has 154 valence electrons. The van der Waals surface area contributed by atoms with E-state index >= 15 is 0 Å². The Kier molecular flexibility index (Phi) is 4.96. The second kappa shape index (κ2) is 7.59. The fourth-order valence-electron chi connectivity index (χ4n) is 3.03. The van der Waals surface area contributed by atoms with Gasteiger partial charge in [0.2, 0.25) is 5.91 Å². The molecule has 0 bridgehead atoms. The fraction of sp³-hybridized carbons (Fsp3) is 0.211. The van der Waals surface area contributed by atoms with Crippen LogP contribution >= 0.6 is 0 Å². The number of carbonyl (C=O) groups is 1. The lowest BCUT2D eigenvalue weighted by molar-refractivity contribution is -0.116. The molecule has 0 aliphatic heterocycles. The Labute approximate surface area is 169 Å². The van der Waals surface area contributed by atoms with Gasteiger partial charge >= 0.3 is 0 Å². The SMILES string of the molecule is CN(C)CC(=O)Nc1cc(F)c(-c2ncc3[nH]nc(-c4cnn(C)c4)c3n2)c(F)c1. The van der Waals surface area contributed by atoms with E-state index in [-0.39, 0.29) is 29.5 Å². The maximum Gasteiger partial charge on any atom is 0.238 e. The summed E-state index contributed by atoms with van der Waals surface area (Å²) in [5.41, 5.74) is 1.76. The molecule has 4 aromatic rings. The van der Waals surface area contributed by atoms with Gasteiger partial charge in [0.05, 0.1) is 24.5 Å². The van der Waals surface area contributed by atoms with Crippen LogP contribution in [0, 0.1) is 11.6 Å². The van der Waals surface area contributed by atoms with Crippen molar-refractivity contribution in [2.75, 3.05) is 26.0 Å². The molecule has 0 saturated heterocycles. The number of aryl methyl sites for hydroxylation is 1. The van der Waals surface area contributed by atoms with Crippen LogP contribution in [0.4, 0.5) is 14.5 Å². The third-order valence-electron chi connectivity index (χ3n) is 4.29. The first-order chi connectivity index (χ1) is 14.3. The molecule has 0 spiro atoms. The van der Waals surface area contributed by atoms with Crippen LogP contribution in [0.15, 0.2) is 30.7 Å². The number of H-pyrrole nitrogens is 1.